The summed E-state index contributed by atoms with van der Waals surface area (Å²) in [6.45, 7) is 8.05. The van der Waals surface area contributed by atoms with Gasteiger partial charge in [0.05, 0.1) is 5.69 Å². The smallest absolute Gasteiger partial charge is 0.0518 e. The SMILES string of the molecule is CC(C)CC1(CNC(C)c2ccn[nH]2)CCCC1. The predicted molar refractivity (Wildman–Crippen MR) is 75.4 cm³/mol. The van der Waals surface area contributed by atoms with Crippen molar-refractivity contribution in [3.05, 3.63) is 18.0 Å². The van der Waals surface area contributed by atoms with Gasteiger partial charge < -0.3 is 5.32 Å². The molecular weight excluding hydrogens is 222 g/mol. The quantitative estimate of drug-likeness (QED) is 0.807. The molecule has 1 aromatic rings. The second-order valence-corrected chi connectivity index (χ2v) is 6.42. The molecule has 2 rings (SSSR count). The van der Waals surface area contributed by atoms with Crippen LogP contribution in [0, 0.1) is 11.3 Å². The summed E-state index contributed by atoms with van der Waals surface area (Å²) in [5.74, 6) is 0.798. The van der Waals surface area contributed by atoms with E-state index in [0.29, 0.717) is 11.5 Å². The highest BCUT2D eigenvalue weighted by Crippen LogP contribution is 2.42. The van der Waals surface area contributed by atoms with Gasteiger partial charge in [-0.15, -0.1) is 0 Å². The molecule has 1 fully saturated rings. The lowest BCUT2D eigenvalue weighted by molar-refractivity contribution is 0.216. The van der Waals surface area contributed by atoms with E-state index in [1.54, 1.807) is 0 Å². The van der Waals surface area contributed by atoms with Crippen molar-refractivity contribution in [2.24, 2.45) is 11.3 Å². The maximum absolute atomic E-state index is 4.02. The number of hydrogen-bond donors (Lipinski definition) is 2. The maximum Gasteiger partial charge on any atom is 0.0518 e. The van der Waals surface area contributed by atoms with E-state index in [2.05, 4.69) is 42.4 Å². The minimum Gasteiger partial charge on any atom is -0.308 e. The minimum atomic E-state index is 0.372. The van der Waals surface area contributed by atoms with Crippen LogP contribution in [0.4, 0.5) is 0 Å². The second kappa shape index (κ2) is 5.87. The van der Waals surface area contributed by atoms with E-state index in [1.165, 1.54) is 37.8 Å². The highest BCUT2D eigenvalue weighted by Gasteiger charge is 2.34. The van der Waals surface area contributed by atoms with Crippen molar-refractivity contribution in [1.29, 1.82) is 0 Å². The Morgan fingerprint density at radius 1 is 1.33 bits per heavy atom. The van der Waals surface area contributed by atoms with Crippen LogP contribution < -0.4 is 5.32 Å². The molecule has 1 aromatic heterocycles. The van der Waals surface area contributed by atoms with Crippen molar-refractivity contribution in [1.82, 2.24) is 15.5 Å². The van der Waals surface area contributed by atoms with Gasteiger partial charge in [-0.1, -0.05) is 26.7 Å². The zero-order valence-corrected chi connectivity index (χ0v) is 12.0. The summed E-state index contributed by atoms with van der Waals surface area (Å²) < 4.78 is 0. The number of nitrogens with one attached hydrogen (secondary N) is 2. The third-order valence-electron chi connectivity index (χ3n) is 4.28. The molecule has 3 nitrogen and oxygen atoms in total. The van der Waals surface area contributed by atoms with Crippen molar-refractivity contribution in [2.45, 2.75) is 58.9 Å². The van der Waals surface area contributed by atoms with Crippen LogP contribution in [0.1, 0.15) is 64.6 Å². The van der Waals surface area contributed by atoms with Gasteiger partial charge in [0.25, 0.3) is 0 Å². The Hall–Kier alpha value is -0.830. The molecule has 0 amide bonds. The predicted octanol–water partition coefficient (Wildman–Crippen LogP) is 3.67. The standard InChI is InChI=1S/C15H27N3/c1-12(2)10-15(7-4-5-8-15)11-16-13(3)14-6-9-17-18-14/h6,9,12-13,16H,4-5,7-8,10-11H2,1-3H3,(H,17,18). The van der Waals surface area contributed by atoms with E-state index in [0.717, 1.165) is 12.5 Å². The molecule has 1 saturated carbocycles. The van der Waals surface area contributed by atoms with E-state index in [4.69, 9.17) is 0 Å². The molecule has 2 N–H and O–H groups in total. The molecule has 0 saturated heterocycles. The third-order valence-corrected chi connectivity index (χ3v) is 4.28. The zero-order valence-electron chi connectivity index (χ0n) is 12.0. The van der Waals surface area contributed by atoms with Gasteiger partial charge >= 0.3 is 0 Å². The first-order valence-corrected chi connectivity index (χ1v) is 7.34. The first-order valence-electron chi connectivity index (χ1n) is 7.34. The number of aromatic nitrogens is 2. The van der Waals surface area contributed by atoms with Gasteiger partial charge in [-0.05, 0) is 43.6 Å². The summed E-state index contributed by atoms with van der Waals surface area (Å²) in [4.78, 5) is 0. The van der Waals surface area contributed by atoms with Crippen molar-refractivity contribution >= 4 is 0 Å². The highest BCUT2D eigenvalue weighted by atomic mass is 15.1. The van der Waals surface area contributed by atoms with E-state index in [-0.39, 0.29) is 0 Å². The molecule has 1 aliphatic rings. The minimum absolute atomic E-state index is 0.372. The molecule has 0 radical (unpaired) electrons. The lowest BCUT2D eigenvalue weighted by Gasteiger charge is -2.32. The number of nitrogens with zero attached hydrogens (tertiary/aromatic N) is 1. The Kier molecular flexibility index (Phi) is 4.44. The van der Waals surface area contributed by atoms with Crippen molar-refractivity contribution in [2.75, 3.05) is 6.54 Å². The van der Waals surface area contributed by atoms with Crippen LogP contribution in [-0.2, 0) is 0 Å². The molecule has 0 aromatic carbocycles. The van der Waals surface area contributed by atoms with Crippen LogP contribution in [0.5, 0.6) is 0 Å². The fourth-order valence-corrected chi connectivity index (χ4v) is 3.43. The van der Waals surface area contributed by atoms with Gasteiger partial charge in [0.2, 0.25) is 0 Å². The van der Waals surface area contributed by atoms with Crippen molar-refractivity contribution in [3.63, 3.8) is 0 Å². The topological polar surface area (TPSA) is 40.7 Å². The Labute approximate surface area is 111 Å². The molecule has 18 heavy (non-hydrogen) atoms. The molecule has 0 spiro atoms. The first kappa shape index (κ1) is 13.6. The third kappa shape index (κ3) is 3.35. The Morgan fingerprint density at radius 2 is 2.06 bits per heavy atom. The summed E-state index contributed by atoms with van der Waals surface area (Å²) in [7, 11) is 0. The highest BCUT2D eigenvalue weighted by molar-refractivity contribution is 5.03. The number of aromatic amines is 1. The van der Waals surface area contributed by atoms with E-state index < -0.39 is 0 Å². The van der Waals surface area contributed by atoms with Gasteiger partial charge in [-0.3, -0.25) is 5.10 Å². The van der Waals surface area contributed by atoms with Gasteiger partial charge in [0.15, 0.2) is 0 Å². The molecule has 1 heterocycles. The largest absolute Gasteiger partial charge is 0.308 e. The van der Waals surface area contributed by atoms with Crippen molar-refractivity contribution < 1.29 is 0 Å². The molecule has 3 heteroatoms. The number of rotatable bonds is 6. The molecule has 1 atom stereocenters. The normalized spacial score (nSPS) is 20.4. The van der Waals surface area contributed by atoms with Gasteiger partial charge in [0.1, 0.15) is 0 Å². The van der Waals surface area contributed by atoms with Crippen LogP contribution in [0.2, 0.25) is 0 Å². The van der Waals surface area contributed by atoms with Crippen LogP contribution >= 0.6 is 0 Å². The molecule has 1 unspecified atom stereocenters. The summed E-state index contributed by atoms with van der Waals surface area (Å²) in [5, 5.41) is 10.8. The van der Waals surface area contributed by atoms with Gasteiger partial charge in [-0.2, -0.15) is 5.10 Å². The molecule has 0 aliphatic heterocycles. The van der Waals surface area contributed by atoms with Crippen LogP contribution in [0.15, 0.2) is 12.3 Å². The van der Waals surface area contributed by atoms with E-state index in [1.807, 2.05) is 6.20 Å². The van der Waals surface area contributed by atoms with E-state index >= 15 is 0 Å². The molecular formula is C15H27N3. The Morgan fingerprint density at radius 3 is 2.61 bits per heavy atom. The average molecular weight is 249 g/mol. The summed E-state index contributed by atoms with van der Waals surface area (Å²) in [6.07, 6.45) is 8.80. The van der Waals surface area contributed by atoms with Crippen LogP contribution in [0.25, 0.3) is 0 Å². The zero-order chi connectivity index (χ0) is 13.0. The van der Waals surface area contributed by atoms with Gasteiger partial charge in [0, 0.05) is 18.8 Å². The summed E-state index contributed by atoms with van der Waals surface area (Å²) in [6, 6.07) is 2.43. The first-order chi connectivity index (χ1) is 8.61. The monoisotopic (exact) mass is 249 g/mol. The molecule has 0 bridgehead atoms. The molecule has 102 valence electrons. The lowest BCUT2D eigenvalue weighted by Crippen LogP contribution is -2.34. The van der Waals surface area contributed by atoms with Crippen molar-refractivity contribution in [3.8, 4) is 0 Å². The fourth-order valence-electron chi connectivity index (χ4n) is 3.43. The summed E-state index contributed by atoms with van der Waals surface area (Å²) >= 11 is 0. The average Bonchev–Trinajstić information content (AvgIpc) is 2.96. The number of H-pyrrole nitrogens is 1. The number of hydrogen-bond acceptors (Lipinski definition) is 2. The van der Waals surface area contributed by atoms with Crippen LogP contribution in [0.3, 0.4) is 0 Å². The fraction of sp³-hybridized carbons (Fsp3) is 0.800. The Bertz CT molecular complexity index is 337. The van der Waals surface area contributed by atoms with E-state index in [9.17, 15) is 0 Å². The van der Waals surface area contributed by atoms with Crippen LogP contribution in [-0.4, -0.2) is 16.7 Å². The van der Waals surface area contributed by atoms with Gasteiger partial charge in [-0.25, -0.2) is 0 Å². The lowest BCUT2D eigenvalue weighted by atomic mass is 9.78. The second-order valence-electron chi connectivity index (χ2n) is 6.42. The maximum atomic E-state index is 4.02. The Balaban J connectivity index is 1.90. The molecule has 1 aliphatic carbocycles. The summed E-state index contributed by atoms with van der Waals surface area (Å²) in [5.41, 5.74) is 1.73.